The summed E-state index contributed by atoms with van der Waals surface area (Å²) in [7, 11) is 1.34. The summed E-state index contributed by atoms with van der Waals surface area (Å²) in [6.07, 6.45) is 5.15. The second kappa shape index (κ2) is 25.4. The van der Waals surface area contributed by atoms with Crippen molar-refractivity contribution in [3.63, 3.8) is 0 Å². The fourth-order valence-electron chi connectivity index (χ4n) is 5.87. The molecule has 1 unspecified atom stereocenters. The van der Waals surface area contributed by atoms with Crippen LogP contribution in [-0.4, -0.2) is 141 Å². The van der Waals surface area contributed by atoms with Crippen molar-refractivity contribution in [3.8, 4) is 0 Å². The average Bonchev–Trinajstić information content (AvgIpc) is 3.14. The van der Waals surface area contributed by atoms with E-state index >= 15 is 0 Å². The molecule has 1 atom stereocenters. The monoisotopic (exact) mass is 759 g/mol. The molecule has 2 aromatic heterocycles. The van der Waals surface area contributed by atoms with E-state index < -0.39 is 23.6 Å². The Labute approximate surface area is 320 Å². The molecular weight excluding hydrogens is 698 g/mol. The summed E-state index contributed by atoms with van der Waals surface area (Å²) >= 11 is 0. The summed E-state index contributed by atoms with van der Waals surface area (Å²) in [4.78, 5) is 49.1. The minimum atomic E-state index is -1.06. The van der Waals surface area contributed by atoms with Crippen LogP contribution in [-0.2, 0) is 35.0 Å². The van der Waals surface area contributed by atoms with Crippen LogP contribution in [0.5, 0.6) is 0 Å². The summed E-state index contributed by atoms with van der Waals surface area (Å²) in [5.74, 6) is -1.53. The highest BCUT2D eigenvalue weighted by atomic mass is 16.6. The van der Waals surface area contributed by atoms with Crippen LogP contribution in [0.1, 0.15) is 97.7 Å². The first-order valence-corrected chi connectivity index (χ1v) is 19.0. The Morgan fingerprint density at radius 2 is 1.35 bits per heavy atom. The third-order valence-corrected chi connectivity index (χ3v) is 8.57. The zero-order valence-corrected chi connectivity index (χ0v) is 32.6. The molecule has 1 aliphatic rings. The Morgan fingerprint density at radius 3 is 1.96 bits per heavy atom. The standard InChI is InChI=1S/C39H61N5O10/c1-39(2,3)54-38(48)40-17-9-7-5-6-8-16-35(32-13-11-14-33(42-32)36(45)46)44-20-24-52-28-26-50-22-18-43(19-23-51-27-29-53-25-21-44)30-31-12-10-15-34(41-31)37(47)49-4/h10-15,35H,5-9,16-30H2,1-4H3,(H,40,48)(H,45,46). The maximum atomic E-state index is 12.0. The van der Waals surface area contributed by atoms with Gasteiger partial charge in [-0.1, -0.05) is 37.8 Å². The lowest BCUT2D eigenvalue weighted by Crippen LogP contribution is -2.36. The molecule has 302 valence electrons. The number of hydrogen-bond donors (Lipinski definition) is 2. The molecule has 3 heterocycles. The summed E-state index contributed by atoms with van der Waals surface area (Å²) in [6.45, 7) is 12.7. The minimum Gasteiger partial charge on any atom is -0.477 e. The molecule has 15 nitrogen and oxygen atoms in total. The van der Waals surface area contributed by atoms with Gasteiger partial charge in [-0.25, -0.2) is 24.4 Å². The van der Waals surface area contributed by atoms with Crippen LogP contribution in [0.25, 0.3) is 0 Å². The molecule has 0 spiro atoms. The highest BCUT2D eigenvalue weighted by molar-refractivity contribution is 5.87. The number of unbranched alkanes of at least 4 members (excludes halogenated alkanes) is 4. The number of carbonyl (C=O) groups is 3. The number of carboxylic acid groups (broad SMARTS) is 1. The summed E-state index contributed by atoms with van der Waals surface area (Å²) in [6, 6.07) is 10.3. The van der Waals surface area contributed by atoms with E-state index in [2.05, 4.69) is 25.1 Å². The number of aromatic carboxylic acids is 1. The number of esters is 1. The van der Waals surface area contributed by atoms with Crippen LogP contribution < -0.4 is 5.32 Å². The molecule has 0 aliphatic carbocycles. The first-order valence-electron chi connectivity index (χ1n) is 19.0. The molecule has 1 amide bonds. The van der Waals surface area contributed by atoms with Gasteiger partial charge in [0.05, 0.1) is 77.4 Å². The number of carbonyl (C=O) groups excluding carboxylic acids is 2. The van der Waals surface area contributed by atoms with E-state index in [0.29, 0.717) is 97.8 Å². The number of aromatic nitrogens is 2. The van der Waals surface area contributed by atoms with Crippen molar-refractivity contribution in [1.29, 1.82) is 0 Å². The number of alkyl carbamates (subject to hydrolysis) is 1. The number of ether oxygens (including phenoxy) is 6. The second-order valence-electron chi connectivity index (χ2n) is 14.0. The average molecular weight is 760 g/mol. The molecular formula is C39H61N5O10. The van der Waals surface area contributed by atoms with Crippen LogP contribution >= 0.6 is 0 Å². The van der Waals surface area contributed by atoms with E-state index in [-0.39, 0.29) is 17.4 Å². The molecule has 54 heavy (non-hydrogen) atoms. The highest BCUT2D eigenvalue weighted by Crippen LogP contribution is 2.26. The lowest BCUT2D eigenvalue weighted by molar-refractivity contribution is 0.000256. The fraction of sp³-hybridized carbons (Fsp3) is 0.667. The first kappa shape index (κ1) is 44.7. The number of methoxy groups -OCH3 is 1. The number of rotatable bonds is 14. The van der Waals surface area contributed by atoms with Crippen molar-refractivity contribution in [3.05, 3.63) is 59.2 Å². The minimum absolute atomic E-state index is 0.0164. The van der Waals surface area contributed by atoms with E-state index in [0.717, 1.165) is 44.2 Å². The van der Waals surface area contributed by atoms with Crippen molar-refractivity contribution in [2.75, 3.05) is 92.7 Å². The Hall–Kier alpha value is -3.73. The summed E-state index contributed by atoms with van der Waals surface area (Å²) in [5.41, 5.74) is 1.23. The normalized spacial score (nSPS) is 17.1. The Balaban J connectivity index is 1.54. The van der Waals surface area contributed by atoms with Crippen molar-refractivity contribution in [1.82, 2.24) is 25.1 Å². The van der Waals surface area contributed by atoms with Crippen LogP contribution in [0.2, 0.25) is 0 Å². The molecule has 0 bridgehead atoms. The van der Waals surface area contributed by atoms with Gasteiger partial charge in [-0.15, -0.1) is 0 Å². The van der Waals surface area contributed by atoms with Crippen LogP contribution in [0, 0.1) is 0 Å². The number of hydrogen-bond acceptors (Lipinski definition) is 13. The molecule has 1 saturated heterocycles. The Kier molecular flexibility index (Phi) is 21.0. The predicted octanol–water partition coefficient (Wildman–Crippen LogP) is 4.75. The number of nitrogens with zero attached hydrogens (tertiary/aromatic N) is 4. The second-order valence-corrected chi connectivity index (χ2v) is 14.0. The van der Waals surface area contributed by atoms with Crippen molar-refractivity contribution >= 4 is 18.0 Å². The van der Waals surface area contributed by atoms with Gasteiger partial charge in [-0.05, 0) is 57.9 Å². The third-order valence-electron chi connectivity index (χ3n) is 8.57. The maximum Gasteiger partial charge on any atom is 0.407 e. The van der Waals surface area contributed by atoms with Gasteiger partial charge in [-0.2, -0.15) is 0 Å². The Morgan fingerprint density at radius 1 is 0.778 bits per heavy atom. The maximum absolute atomic E-state index is 12.0. The number of pyridine rings is 2. The van der Waals surface area contributed by atoms with E-state index in [9.17, 15) is 19.5 Å². The molecule has 3 rings (SSSR count). The van der Waals surface area contributed by atoms with Gasteiger partial charge >= 0.3 is 18.0 Å². The van der Waals surface area contributed by atoms with Crippen LogP contribution in [0.3, 0.4) is 0 Å². The van der Waals surface area contributed by atoms with E-state index in [1.807, 2.05) is 32.9 Å². The Bertz CT molecular complexity index is 1370. The van der Waals surface area contributed by atoms with Gasteiger partial charge in [0.1, 0.15) is 17.0 Å². The molecule has 2 aromatic rings. The van der Waals surface area contributed by atoms with Crippen molar-refractivity contribution in [2.24, 2.45) is 0 Å². The topological polar surface area (TPSA) is 171 Å². The molecule has 0 aromatic carbocycles. The van der Waals surface area contributed by atoms with Gasteiger partial charge < -0.3 is 38.8 Å². The van der Waals surface area contributed by atoms with Crippen LogP contribution in [0.15, 0.2) is 36.4 Å². The fourth-order valence-corrected chi connectivity index (χ4v) is 5.87. The zero-order chi connectivity index (χ0) is 39.0. The van der Waals surface area contributed by atoms with Gasteiger partial charge in [0.25, 0.3) is 0 Å². The van der Waals surface area contributed by atoms with Gasteiger partial charge in [0.2, 0.25) is 0 Å². The van der Waals surface area contributed by atoms with Crippen molar-refractivity contribution < 1.29 is 47.9 Å². The SMILES string of the molecule is COC(=O)c1cccc(CN2CCOCCOCCN(C(CCCCCCCNC(=O)OC(C)(C)C)c3cccc(C(=O)O)n3)CCOCCOCC2)n1. The molecule has 2 N–H and O–H groups in total. The lowest BCUT2D eigenvalue weighted by atomic mass is 10.0. The van der Waals surface area contributed by atoms with E-state index in [4.69, 9.17) is 28.4 Å². The molecule has 1 aliphatic heterocycles. The van der Waals surface area contributed by atoms with Gasteiger partial charge in [-0.3, -0.25) is 9.80 Å². The summed E-state index contributed by atoms with van der Waals surface area (Å²) < 4.78 is 33.9. The summed E-state index contributed by atoms with van der Waals surface area (Å²) in [5, 5.41) is 12.5. The van der Waals surface area contributed by atoms with Crippen molar-refractivity contribution in [2.45, 2.75) is 77.5 Å². The van der Waals surface area contributed by atoms with E-state index in [1.165, 1.54) is 13.2 Å². The van der Waals surface area contributed by atoms with Gasteiger partial charge in [0, 0.05) is 39.3 Å². The number of carboxylic acids is 1. The zero-order valence-electron chi connectivity index (χ0n) is 32.6. The number of nitrogens with one attached hydrogen (secondary N) is 1. The molecule has 1 fully saturated rings. The van der Waals surface area contributed by atoms with Gasteiger partial charge in [0.15, 0.2) is 0 Å². The van der Waals surface area contributed by atoms with E-state index in [1.54, 1.807) is 18.2 Å². The largest absolute Gasteiger partial charge is 0.477 e. The quantitative estimate of drug-likeness (QED) is 0.200. The number of amides is 1. The highest BCUT2D eigenvalue weighted by Gasteiger charge is 2.23. The first-order chi connectivity index (χ1) is 26.1. The smallest absolute Gasteiger partial charge is 0.407 e. The third kappa shape index (κ3) is 18.5. The lowest BCUT2D eigenvalue weighted by Gasteiger charge is -2.32. The molecule has 0 radical (unpaired) electrons. The van der Waals surface area contributed by atoms with Crippen LogP contribution in [0.4, 0.5) is 4.79 Å². The molecule has 15 heteroatoms. The predicted molar refractivity (Wildman–Crippen MR) is 202 cm³/mol. The molecule has 0 saturated carbocycles.